The van der Waals surface area contributed by atoms with Crippen molar-refractivity contribution in [3.63, 3.8) is 0 Å². The molecule has 1 aliphatic rings. The lowest BCUT2D eigenvalue weighted by Gasteiger charge is -2.34. The summed E-state index contributed by atoms with van der Waals surface area (Å²) < 4.78 is 0. The van der Waals surface area contributed by atoms with E-state index in [0.29, 0.717) is 49.5 Å². The van der Waals surface area contributed by atoms with E-state index in [1.54, 1.807) is 46.2 Å². The van der Waals surface area contributed by atoms with Crippen LogP contribution in [0.15, 0.2) is 54.6 Å². The van der Waals surface area contributed by atoms with E-state index in [-0.39, 0.29) is 17.8 Å². The Bertz CT molecular complexity index is 828. The van der Waals surface area contributed by atoms with Crippen molar-refractivity contribution in [2.45, 2.75) is 6.92 Å². The Hall–Kier alpha value is -3.35. The number of benzene rings is 2. The van der Waals surface area contributed by atoms with E-state index in [2.05, 4.69) is 10.6 Å². The van der Waals surface area contributed by atoms with Crippen LogP contribution >= 0.6 is 0 Å². The summed E-state index contributed by atoms with van der Waals surface area (Å²) in [5.41, 5.74) is 1.77. The van der Waals surface area contributed by atoms with Gasteiger partial charge < -0.3 is 20.4 Å². The average molecular weight is 380 g/mol. The maximum absolute atomic E-state index is 12.7. The highest BCUT2D eigenvalue weighted by Gasteiger charge is 2.24. The Balaban J connectivity index is 1.56. The molecule has 7 heteroatoms. The van der Waals surface area contributed by atoms with Gasteiger partial charge in [0.05, 0.1) is 0 Å². The predicted octanol–water partition coefficient (Wildman–Crippen LogP) is 2.43. The summed E-state index contributed by atoms with van der Waals surface area (Å²) in [6.45, 7) is 4.51. The highest BCUT2D eigenvalue weighted by Crippen LogP contribution is 2.14. The summed E-state index contributed by atoms with van der Waals surface area (Å²) in [5.74, 6) is -0.266. The molecule has 1 saturated heterocycles. The van der Waals surface area contributed by atoms with E-state index >= 15 is 0 Å². The largest absolute Gasteiger partial charge is 0.338 e. The topological polar surface area (TPSA) is 81.8 Å². The van der Waals surface area contributed by atoms with E-state index in [0.717, 1.165) is 0 Å². The molecule has 1 aliphatic heterocycles. The van der Waals surface area contributed by atoms with E-state index in [4.69, 9.17) is 0 Å². The number of nitrogens with one attached hydrogen (secondary N) is 2. The number of carbonyl (C=O) groups is 3. The second-order valence-corrected chi connectivity index (χ2v) is 6.51. The van der Waals surface area contributed by atoms with Gasteiger partial charge in [-0.25, -0.2) is 4.79 Å². The minimum Gasteiger partial charge on any atom is -0.338 e. The van der Waals surface area contributed by atoms with Crippen LogP contribution in [0.5, 0.6) is 0 Å². The van der Waals surface area contributed by atoms with Gasteiger partial charge in [-0.05, 0) is 43.3 Å². The third-order valence-electron chi connectivity index (χ3n) is 4.61. The molecule has 2 aromatic rings. The van der Waals surface area contributed by atoms with Crippen molar-refractivity contribution >= 4 is 23.5 Å². The normalized spacial score (nSPS) is 13.8. The van der Waals surface area contributed by atoms with Crippen LogP contribution in [0.1, 0.15) is 27.6 Å². The highest BCUT2D eigenvalue weighted by atomic mass is 16.2. The molecule has 0 atom stereocenters. The lowest BCUT2D eigenvalue weighted by atomic mass is 10.1. The van der Waals surface area contributed by atoms with Gasteiger partial charge in [-0.1, -0.05) is 18.2 Å². The van der Waals surface area contributed by atoms with Crippen molar-refractivity contribution in [1.29, 1.82) is 0 Å². The molecule has 0 unspecified atom stereocenters. The second kappa shape index (κ2) is 9.03. The van der Waals surface area contributed by atoms with Crippen molar-refractivity contribution in [3.05, 3.63) is 65.7 Å². The van der Waals surface area contributed by atoms with Crippen molar-refractivity contribution in [1.82, 2.24) is 15.1 Å². The van der Waals surface area contributed by atoms with Crippen LogP contribution < -0.4 is 10.6 Å². The Morgan fingerprint density at radius 3 is 2.04 bits per heavy atom. The van der Waals surface area contributed by atoms with Gasteiger partial charge in [-0.3, -0.25) is 9.59 Å². The number of piperazine rings is 1. The average Bonchev–Trinajstić information content (AvgIpc) is 2.74. The molecule has 0 aromatic heterocycles. The molecule has 0 bridgehead atoms. The second-order valence-electron chi connectivity index (χ2n) is 6.51. The van der Waals surface area contributed by atoms with Gasteiger partial charge in [0.15, 0.2) is 0 Å². The monoisotopic (exact) mass is 380 g/mol. The number of hydrogen-bond donors (Lipinski definition) is 2. The number of hydrogen-bond acceptors (Lipinski definition) is 3. The molecule has 28 heavy (non-hydrogen) atoms. The molecule has 2 aromatic carbocycles. The molecular formula is C21H24N4O3. The van der Waals surface area contributed by atoms with Crippen molar-refractivity contribution in [3.8, 4) is 0 Å². The molecule has 0 radical (unpaired) electrons. The fourth-order valence-electron chi connectivity index (χ4n) is 3.05. The molecule has 1 heterocycles. The summed E-state index contributed by atoms with van der Waals surface area (Å²) in [5, 5.41) is 5.59. The molecule has 0 spiro atoms. The van der Waals surface area contributed by atoms with Crippen molar-refractivity contribution in [2.24, 2.45) is 0 Å². The molecule has 7 nitrogen and oxygen atoms in total. The number of rotatable bonds is 4. The smallest absolute Gasteiger partial charge is 0.317 e. The van der Waals surface area contributed by atoms with Gasteiger partial charge in [0.25, 0.3) is 11.8 Å². The minimum atomic E-state index is -0.193. The Morgan fingerprint density at radius 1 is 0.821 bits per heavy atom. The van der Waals surface area contributed by atoms with Crippen molar-refractivity contribution < 1.29 is 14.4 Å². The summed E-state index contributed by atoms with van der Waals surface area (Å²) in [4.78, 5) is 40.2. The van der Waals surface area contributed by atoms with Gasteiger partial charge in [-0.15, -0.1) is 0 Å². The number of carbonyl (C=O) groups excluding carboxylic acids is 3. The maximum Gasteiger partial charge on any atom is 0.317 e. The molecule has 4 amide bonds. The van der Waals surface area contributed by atoms with Crippen molar-refractivity contribution in [2.75, 3.05) is 38.0 Å². The quantitative estimate of drug-likeness (QED) is 0.855. The third-order valence-corrected chi connectivity index (χ3v) is 4.61. The number of anilines is 1. The zero-order valence-electron chi connectivity index (χ0n) is 15.9. The maximum atomic E-state index is 12.7. The lowest BCUT2D eigenvalue weighted by Crippen LogP contribution is -2.53. The van der Waals surface area contributed by atoms with E-state index < -0.39 is 0 Å². The molecule has 0 aliphatic carbocycles. The van der Waals surface area contributed by atoms with E-state index in [1.807, 2.05) is 25.1 Å². The summed E-state index contributed by atoms with van der Waals surface area (Å²) in [6.07, 6.45) is 0. The number of amides is 4. The van der Waals surface area contributed by atoms with Crippen LogP contribution in [0.4, 0.5) is 10.5 Å². The lowest BCUT2D eigenvalue weighted by molar-refractivity contribution is 0.0665. The highest BCUT2D eigenvalue weighted by molar-refractivity contribution is 6.04. The van der Waals surface area contributed by atoms with Gasteiger partial charge in [-0.2, -0.15) is 0 Å². The Kier molecular flexibility index (Phi) is 6.26. The summed E-state index contributed by atoms with van der Waals surface area (Å²) in [7, 11) is 0. The molecule has 146 valence electrons. The molecule has 2 N–H and O–H groups in total. The molecule has 3 rings (SSSR count). The first kappa shape index (κ1) is 19.4. The van der Waals surface area contributed by atoms with Gasteiger partial charge in [0.2, 0.25) is 0 Å². The SMILES string of the molecule is CCNC(=O)N1CCN(C(=O)c2ccc(NC(=O)c3ccccc3)cc2)CC1. The number of urea groups is 1. The standard InChI is InChI=1S/C21H24N4O3/c1-2-22-21(28)25-14-12-24(13-15-25)20(27)17-8-10-18(11-9-17)23-19(26)16-6-4-3-5-7-16/h3-11H,2,12-15H2,1H3,(H,22,28)(H,23,26). The minimum absolute atomic E-state index is 0.0727. The van der Waals surface area contributed by atoms with Gasteiger partial charge in [0, 0.05) is 49.5 Å². The number of nitrogens with zero attached hydrogens (tertiary/aromatic N) is 2. The Morgan fingerprint density at radius 2 is 1.43 bits per heavy atom. The van der Waals surface area contributed by atoms with Crippen LogP contribution in [0.3, 0.4) is 0 Å². The van der Waals surface area contributed by atoms with Crippen LogP contribution in [-0.2, 0) is 0 Å². The van der Waals surface area contributed by atoms with Crippen LogP contribution in [-0.4, -0.2) is 60.4 Å². The van der Waals surface area contributed by atoms with Gasteiger partial charge >= 0.3 is 6.03 Å². The Labute approximate surface area is 164 Å². The molecule has 0 saturated carbocycles. The van der Waals surface area contributed by atoms with Crippen LogP contribution in [0.25, 0.3) is 0 Å². The van der Waals surface area contributed by atoms with Crippen LogP contribution in [0, 0.1) is 0 Å². The fourth-order valence-corrected chi connectivity index (χ4v) is 3.05. The van der Waals surface area contributed by atoms with Crippen LogP contribution in [0.2, 0.25) is 0 Å². The first-order chi connectivity index (χ1) is 13.6. The zero-order valence-corrected chi connectivity index (χ0v) is 15.9. The summed E-state index contributed by atoms with van der Waals surface area (Å²) in [6, 6.07) is 15.7. The van der Waals surface area contributed by atoms with E-state index in [1.165, 1.54) is 0 Å². The first-order valence-corrected chi connectivity index (χ1v) is 9.37. The van der Waals surface area contributed by atoms with E-state index in [9.17, 15) is 14.4 Å². The fraction of sp³-hybridized carbons (Fsp3) is 0.286. The predicted molar refractivity (Wildman–Crippen MR) is 107 cm³/mol. The molecular weight excluding hydrogens is 356 g/mol. The third kappa shape index (κ3) is 4.68. The zero-order chi connectivity index (χ0) is 19.9. The first-order valence-electron chi connectivity index (χ1n) is 9.37. The van der Waals surface area contributed by atoms with Gasteiger partial charge in [0.1, 0.15) is 0 Å². The summed E-state index contributed by atoms with van der Waals surface area (Å²) >= 11 is 0. The molecule has 1 fully saturated rings.